The molecule has 0 bridgehead atoms. The first-order valence-electron chi connectivity index (χ1n) is 9.41. The van der Waals surface area contributed by atoms with Gasteiger partial charge in [0.15, 0.2) is 0 Å². The van der Waals surface area contributed by atoms with E-state index in [1.165, 1.54) is 43.6 Å². The number of carbonyl (C=O) groups is 1. The minimum atomic E-state index is -2.74. The SMILES string of the molecule is COCCC(C(=O)O)n1cc(OC)c(-c2cc(Cl)ccc2-n2cnc(C(F)F)c2)cc1=O.Cl. The number of imidazole rings is 1. The van der Waals surface area contributed by atoms with Crippen LogP contribution in [0.4, 0.5) is 8.78 Å². The molecule has 1 aromatic carbocycles. The molecule has 2 aromatic heterocycles. The molecule has 178 valence electrons. The van der Waals surface area contributed by atoms with Crippen molar-refractivity contribution in [3.05, 3.63) is 64.1 Å². The predicted octanol–water partition coefficient (Wildman–Crippen LogP) is 4.38. The van der Waals surface area contributed by atoms with Crippen LogP contribution in [-0.2, 0) is 9.53 Å². The Morgan fingerprint density at radius 2 is 1.94 bits per heavy atom. The van der Waals surface area contributed by atoms with Crippen molar-refractivity contribution in [2.24, 2.45) is 0 Å². The molecule has 0 radical (unpaired) electrons. The Morgan fingerprint density at radius 1 is 1.21 bits per heavy atom. The van der Waals surface area contributed by atoms with Crippen LogP contribution in [0.2, 0.25) is 5.02 Å². The van der Waals surface area contributed by atoms with E-state index < -0.39 is 29.7 Å². The molecule has 3 aromatic rings. The summed E-state index contributed by atoms with van der Waals surface area (Å²) in [4.78, 5) is 28.3. The van der Waals surface area contributed by atoms with Gasteiger partial charge >= 0.3 is 5.97 Å². The van der Waals surface area contributed by atoms with Crippen molar-refractivity contribution >= 4 is 30.0 Å². The lowest BCUT2D eigenvalue weighted by molar-refractivity contribution is -0.141. The first-order chi connectivity index (χ1) is 15.3. The molecule has 3 rings (SSSR count). The van der Waals surface area contributed by atoms with Crippen LogP contribution < -0.4 is 10.3 Å². The molecule has 2 heterocycles. The Kier molecular flexibility index (Phi) is 8.98. The summed E-state index contributed by atoms with van der Waals surface area (Å²) < 4.78 is 38.8. The highest BCUT2D eigenvalue weighted by Crippen LogP contribution is 2.36. The molecule has 8 nitrogen and oxygen atoms in total. The number of benzene rings is 1. The summed E-state index contributed by atoms with van der Waals surface area (Å²) in [5, 5.41) is 9.90. The Hall–Kier alpha value is -2.95. The van der Waals surface area contributed by atoms with Gasteiger partial charge in [0.1, 0.15) is 17.5 Å². The first kappa shape index (κ1) is 26.3. The van der Waals surface area contributed by atoms with Crippen LogP contribution in [0.1, 0.15) is 24.6 Å². The van der Waals surface area contributed by atoms with E-state index in [1.54, 1.807) is 18.2 Å². The summed E-state index contributed by atoms with van der Waals surface area (Å²) in [6.45, 7) is 0.138. The topological polar surface area (TPSA) is 95.6 Å². The number of aliphatic carboxylic acids is 1. The Balaban J connectivity index is 0.00000385. The van der Waals surface area contributed by atoms with Gasteiger partial charge in [-0.2, -0.15) is 0 Å². The summed E-state index contributed by atoms with van der Waals surface area (Å²) in [5.74, 6) is -0.994. The van der Waals surface area contributed by atoms with Crippen LogP contribution in [0.5, 0.6) is 5.75 Å². The maximum absolute atomic E-state index is 13.0. The lowest BCUT2D eigenvalue weighted by Crippen LogP contribution is -2.30. The third-order valence-electron chi connectivity index (χ3n) is 4.83. The summed E-state index contributed by atoms with van der Waals surface area (Å²) in [6, 6.07) is 4.79. The quantitative estimate of drug-likeness (QED) is 0.465. The summed E-state index contributed by atoms with van der Waals surface area (Å²) in [5.41, 5.74) is 0.165. The molecule has 12 heteroatoms. The molecular weight excluding hydrogens is 483 g/mol. The standard InChI is InChI=1S/C21H20ClF2N3O5.ClH/c1-31-6-5-17(21(29)30)27-10-18(32-2)14(8-19(27)28)13-7-12(22)3-4-16(13)26-9-15(20(23)24)25-11-26;/h3-4,7-11,17,20H,5-6H2,1-2H3,(H,29,30);1H. The second-order valence-electron chi connectivity index (χ2n) is 6.80. The largest absolute Gasteiger partial charge is 0.495 e. The highest BCUT2D eigenvalue weighted by molar-refractivity contribution is 6.31. The number of ether oxygens (including phenoxy) is 2. The zero-order chi connectivity index (χ0) is 23.4. The number of pyridine rings is 1. The fourth-order valence-electron chi connectivity index (χ4n) is 3.29. The number of methoxy groups -OCH3 is 2. The van der Waals surface area contributed by atoms with Crippen LogP contribution in [0, 0.1) is 0 Å². The smallest absolute Gasteiger partial charge is 0.326 e. The van der Waals surface area contributed by atoms with Gasteiger partial charge in [-0.05, 0) is 18.2 Å². The fourth-order valence-corrected chi connectivity index (χ4v) is 3.46. The van der Waals surface area contributed by atoms with Gasteiger partial charge in [0, 0.05) is 48.6 Å². The van der Waals surface area contributed by atoms with Crippen molar-refractivity contribution in [2.75, 3.05) is 20.8 Å². The van der Waals surface area contributed by atoms with Crippen molar-refractivity contribution in [3.63, 3.8) is 0 Å². The molecule has 0 fully saturated rings. The Labute approximate surface area is 198 Å². The highest BCUT2D eigenvalue weighted by atomic mass is 35.5. The van der Waals surface area contributed by atoms with E-state index in [2.05, 4.69) is 4.98 Å². The molecule has 1 N–H and O–H groups in total. The molecule has 0 saturated carbocycles. The maximum atomic E-state index is 13.0. The van der Waals surface area contributed by atoms with Gasteiger partial charge in [-0.25, -0.2) is 18.6 Å². The minimum absolute atomic E-state index is 0. The molecule has 1 atom stereocenters. The monoisotopic (exact) mass is 503 g/mol. The molecular formula is C21H21Cl2F2N3O5. The number of aromatic nitrogens is 3. The van der Waals surface area contributed by atoms with Gasteiger partial charge in [0.2, 0.25) is 0 Å². The molecule has 0 saturated heterocycles. The number of hydrogen-bond donors (Lipinski definition) is 1. The van der Waals surface area contributed by atoms with Gasteiger partial charge in [-0.1, -0.05) is 11.6 Å². The molecule has 0 spiro atoms. The molecule has 1 unspecified atom stereocenters. The van der Waals surface area contributed by atoms with Gasteiger partial charge in [0.25, 0.3) is 12.0 Å². The first-order valence-corrected chi connectivity index (χ1v) is 9.78. The molecule has 0 aliphatic heterocycles. The maximum Gasteiger partial charge on any atom is 0.326 e. The lowest BCUT2D eigenvalue weighted by atomic mass is 10.0. The predicted molar refractivity (Wildman–Crippen MR) is 120 cm³/mol. The number of halogens is 4. The van der Waals surface area contributed by atoms with Crippen molar-refractivity contribution in [1.29, 1.82) is 0 Å². The van der Waals surface area contributed by atoms with Crippen molar-refractivity contribution in [2.45, 2.75) is 18.9 Å². The number of hydrogen-bond acceptors (Lipinski definition) is 5. The molecule has 0 aliphatic rings. The van der Waals surface area contributed by atoms with Crippen LogP contribution >= 0.6 is 24.0 Å². The molecule has 0 amide bonds. The Bertz CT molecular complexity index is 1180. The normalized spacial score (nSPS) is 11.8. The molecule has 0 aliphatic carbocycles. The summed E-state index contributed by atoms with van der Waals surface area (Å²) in [7, 11) is 2.80. The zero-order valence-corrected chi connectivity index (χ0v) is 19.1. The van der Waals surface area contributed by atoms with E-state index in [0.29, 0.717) is 21.8 Å². The number of nitrogens with zero attached hydrogens (tertiary/aromatic N) is 3. The highest BCUT2D eigenvalue weighted by Gasteiger charge is 2.23. The summed E-state index contributed by atoms with van der Waals surface area (Å²) >= 11 is 6.17. The lowest BCUT2D eigenvalue weighted by Gasteiger charge is -2.19. The Morgan fingerprint density at radius 3 is 2.52 bits per heavy atom. The number of carboxylic acid groups (broad SMARTS) is 1. The number of alkyl halides is 2. The van der Waals surface area contributed by atoms with Crippen molar-refractivity contribution < 1.29 is 28.2 Å². The third kappa shape index (κ3) is 5.70. The third-order valence-corrected chi connectivity index (χ3v) is 5.07. The number of carboxylic acids is 1. The van der Waals surface area contributed by atoms with Gasteiger partial charge in [-0.3, -0.25) is 9.36 Å². The van der Waals surface area contributed by atoms with E-state index in [0.717, 1.165) is 4.57 Å². The average Bonchev–Trinajstić information content (AvgIpc) is 3.25. The van der Waals surface area contributed by atoms with Gasteiger partial charge < -0.3 is 19.1 Å². The summed E-state index contributed by atoms with van der Waals surface area (Å²) in [6.07, 6.45) is 1.03. The minimum Gasteiger partial charge on any atom is -0.495 e. The van der Waals surface area contributed by atoms with Crippen molar-refractivity contribution in [3.8, 4) is 22.6 Å². The van der Waals surface area contributed by atoms with Crippen LogP contribution in [0.3, 0.4) is 0 Å². The fraction of sp³-hybridized carbons (Fsp3) is 0.286. The van der Waals surface area contributed by atoms with E-state index in [9.17, 15) is 23.5 Å². The second kappa shape index (κ2) is 11.3. The van der Waals surface area contributed by atoms with E-state index in [-0.39, 0.29) is 31.2 Å². The van der Waals surface area contributed by atoms with Gasteiger partial charge in [-0.15, -0.1) is 12.4 Å². The van der Waals surface area contributed by atoms with Crippen LogP contribution in [0.25, 0.3) is 16.8 Å². The van der Waals surface area contributed by atoms with E-state index in [4.69, 9.17) is 21.1 Å². The van der Waals surface area contributed by atoms with Crippen LogP contribution in [-0.4, -0.2) is 46.0 Å². The molecule has 33 heavy (non-hydrogen) atoms. The van der Waals surface area contributed by atoms with Gasteiger partial charge in [0.05, 0.1) is 25.3 Å². The van der Waals surface area contributed by atoms with Crippen molar-refractivity contribution in [1.82, 2.24) is 14.1 Å². The average molecular weight is 504 g/mol. The second-order valence-corrected chi connectivity index (χ2v) is 7.24. The number of rotatable bonds is 9. The zero-order valence-electron chi connectivity index (χ0n) is 17.6. The van der Waals surface area contributed by atoms with E-state index >= 15 is 0 Å². The van der Waals surface area contributed by atoms with Crippen LogP contribution in [0.15, 0.2) is 47.8 Å². The van der Waals surface area contributed by atoms with E-state index in [1.807, 2.05) is 0 Å².